The number of nitrogens with one attached hydrogen (secondary N) is 1. The third-order valence-electron chi connectivity index (χ3n) is 3.67. The first-order chi connectivity index (χ1) is 9.61. The molecule has 1 aliphatic rings. The van der Waals surface area contributed by atoms with Gasteiger partial charge in [0.15, 0.2) is 0 Å². The molecule has 2 aromatic rings. The SMILES string of the molecule is Cc1nc2nc(CN3CCCC[C@@H](N)C3)cc(=O)n2[nH]1. The van der Waals surface area contributed by atoms with Crippen molar-refractivity contribution in [2.75, 3.05) is 13.1 Å². The number of nitrogens with zero attached hydrogens (tertiary/aromatic N) is 4. The lowest BCUT2D eigenvalue weighted by Crippen LogP contribution is -2.35. The fraction of sp³-hybridized carbons (Fsp3) is 0.615. The Morgan fingerprint density at radius 2 is 2.30 bits per heavy atom. The van der Waals surface area contributed by atoms with Crippen LogP contribution in [0.3, 0.4) is 0 Å². The molecule has 1 fully saturated rings. The van der Waals surface area contributed by atoms with Gasteiger partial charge >= 0.3 is 0 Å². The Hall–Kier alpha value is -1.73. The number of aryl methyl sites for hydroxylation is 1. The van der Waals surface area contributed by atoms with E-state index in [1.165, 1.54) is 10.9 Å². The van der Waals surface area contributed by atoms with Gasteiger partial charge < -0.3 is 5.73 Å². The maximum atomic E-state index is 12.0. The molecule has 3 rings (SSSR count). The topological polar surface area (TPSA) is 92.3 Å². The van der Waals surface area contributed by atoms with Crippen molar-refractivity contribution in [3.63, 3.8) is 0 Å². The summed E-state index contributed by atoms with van der Waals surface area (Å²) in [4.78, 5) is 22.9. The van der Waals surface area contributed by atoms with Gasteiger partial charge in [-0.05, 0) is 26.3 Å². The van der Waals surface area contributed by atoms with Gasteiger partial charge in [0, 0.05) is 25.2 Å². The van der Waals surface area contributed by atoms with Crippen molar-refractivity contribution in [2.45, 2.75) is 38.8 Å². The second-order valence-corrected chi connectivity index (χ2v) is 5.52. The molecule has 0 bridgehead atoms. The Kier molecular flexibility index (Phi) is 3.54. The summed E-state index contributed by atoms with van der Waals surface area (Å²) >= 11 is 0. The molecular formula is C13H20N6O. The number of hydrogen-bond acceptors (Lipinski definition) is 5. The van der Waals surface area contributed by atoms with Crippen molar-refractivity contribution >= 4 is 5.78 Å². The number of aromatic amines is 1. The number of likely N-dealkylation sites (tertiary alicyclic amines) is 1. The lowest BCUT2D eigenvalue weighted by atomic mass is 10.2. The molecule has 0 amide bonds. The third-order valence-corrected chi connectivity index (χ3v) is 3.67. The molecule has 108 valence electrons. The Bertz CT molecular complexity index is 660. The van der Waals surface area contributed by atoms with Gasteiger partial charge in [-0.2, -0.15) is 9.50 Å². The molecule has 3 heterocycles. The zero-order valence-electron chi connectivity index (χ0n) is 11.7. The van der Waals surface area contributed by atoms with E-state index in [4.69, 9.17) is 5.73 Å². The van der Waals surface area contributed by atoms with Crippen LogP contribution in [0.4, 0.5) is 0 Å². The minimum atomic E-state index is -0.121. The first-order valence-corrected chi connectivity index (χ1v) is 7.05. The van der Waals surface area contributed by atoms with Gasteiger partial charge in [0.05, 0.1) is 5.69 Å². The smallest absolute Gasteiger partial charge is 0.274 e. The van der Waals surface area contributed by atoms with Crippen LogP contribution in [-0.4, -0.2) is 43.6 Å². The normalized spacial score (nSPS) is 21.2. The highest BCUT2D eigenvalue weighted by Crippen LogP contribution is 2.11. The predicted molar refractivity (Wildman–Crippen MR) is 75.4 cm³/mol. The van der Waals surface area contributed by atoms with E-state index < -0.39 is 0 Å². The number of H-pyrrole nitrogens is 1. The van der Waals surface area contributed by atoms with Gasteiger partial charge in [0.2, 0.25) is 0 Å². The molecule has 0 radical (unpaired) electrons. The average Bonchev–Trinajstić information content (AvgIpc) is 2.63. The van der Waals surface area contributed by atoms with Crippen molar-refractivity contribution in [3.05, 3.63) is 27.9 Å². The monoisotopic (exact) mass is 276 g/mol. The van der Waals surface area contributed by atoms with Gasteiger partial charge in [-0.1, -0.05) is 6.42 Å². The number of aromatic nitrogens is 4. The zero-order valence-corrected chi connectivity index (χ0v) is 11.7. The molecule has 7 heteroatoms. The molecule has 0 unspecified atom stereocenters. The first kappa shape index (κ1) is 13.3. The van der Waals surface area contributed by atoms with Gasteiger partial charge in [-0.15, -0.1) is 0 Å². The summed E-state index contributed by atoms with van der Waals surface area (Å²) < 4.78 is 1.37. The van der Waals surface area contributed by atoms with Crippen LogP contribution in [0, 0.1) is 6.92 Å². The number of rotatable bonds is 2. The van der Waals surface area contributed by atoms with Crippen LogP contribution >= 0.6 is 0 Å². The molecule has 20 heavy (non-hydrogen) atoms. The molecular weight excluding hydrogens is 256 g/mol. The lowest BCUT2D eigenvalue weighted by molar-refractivity contribution is 0.262. The van der Waals surface area contributed by atoms with E-state index in [-0.39, 0.29) is 11.6 Å². The van der Waals surface area contributed by atoms with Crippen molar-refractivity contribution < 1.29 is 0 Å². The number of nitrogens with two attached hydrogens (primary N) is 1. The molecule has 0 aromatic carbocycles. The summed E-state index contributed by atoms with van der Waals surface area (Å²) in [6.45, 7) is 4.34. The van der Waals surface area contributed by atoms with Gasteiger partial charge in [-0.25, -0.2) is 4.98 Å². The Balaban J connectivity index is 1.84. The van der Waals surface area contributed by atoms with Crippen molar-refractivity contribution in [1.82, 2.24) is 24.5 Å². The van der Waals surface area contributed by atoms with Crippen LogP contribution in [0.5, 0.6) is 0 Å². The molecule has 0 saturated carbocycles. The highest BCUT2D eigenvalue weighted by atomic mass is 16.1. The molecule has 3 N–H and O–H groups in total. The Morgan fingerprint density at radius 1 is 1.45 bits per heavy atom. The van der Waals surface area contributed by atoms with Crippen LogP contribution in [0.2, 0.25) is 0 Å². The molecule has 0 spiro atoms. The minimum Gasteiger partial charge on any atom is -0.327 e. The van der Waals surface area contributed by atoms with Crippen LogP contribution < -0.4 is 11.3 Å². The van der Waals surface area contributed by atoms with Crippen LogP contribution in [0.1, 0.15) is 30.8 Å². The van der Waals surface area contributed by atoms with E-state index in [0.29, 0.717) is 18.1 Å². The summed E-state index contributed by atoms with van der Waals surface area (Å²) in [6, 6.07) is 1.79. The predicted octanol–water partition coefficient (Wildman–Crippen LogP) is 0.0392. The Labute approximate surface area is 116 Å². The molecule has 2 aromatic heterocycles. The van der Waals surface area contributed by atoms with E-state index in [2.05, 4.69) is 20.0 Å². The molecule has 1 atom stereocenters. The van der Waals surface area contributed by atoms with E-state index in [9.17, 15) is 4.79 Å². The molecule has 1 saturated heterocycles. The number of hydrogen-bond donors (Lipinski definition) is 2. The molecule has 0 aliphatic carbocycles. The lowest BCUT2D eigenvalue weighted by Gasteiger charge is -2.21. The fourth-order valence-corrected chi connectivity index (χ4v) is 2.74. The van der Waals surface area contributed by atoms with E-state index in [0.717, 1.165) is 31.6 Å². The van der Waals surface area contributed by atoms with E-state index in [1.54, 1.807) is 6.07 Å². The summed E-state index contributed by atoms with van der Waals surface area (Å²) in [7, 11) is 0. The summed E-state index contributed by atoms with van der Waals surface area (Å²) in [5, 5.41) is 2.87. The average molecular weight is 276 g/mol. The van der Waals surface area contributed by atoms with Gasteiger partial charge in [-0.3, -0.25) is 14.8 Å². The quantitative estimate of drug-likeness (QED) is 0.808. The van der Waals surface area contributed by atoms with E-state index in [1.807, 2.05) is 6.92 Å². The summed E-state index contributed by atoms with van der Waals surface area (Å²) in [5.41, 5.74) is 6.70. The van der Waals surface area contributed by atoms with Gasteiger partial charge in [0.25, 0.3) is 11.3 Å². The maximum absolute atomic E-state index is 12.0. The van der Waals surface area contributed by atoms with Gasteiger partial charge in [0.1, 0.15) is 5.82 Å². The molecule has 1 aliphatic heterocycles. The third kappa shape index (κ3) is 2.73. The maximum Gasteiger partial charge on any atom is 0.274 e. The highest BCUT2D eigenvalue weighted by Gasteiger charge is 2.16. The second-order valence-electron chi connectivity index (χ2n) is 5.52. The minimum absolute atomic E-state index is 0.121. The van der Waals surface area contributed by atoms with Crippen molar-refractivity contribution in [2.24, 2.45) is 5.73 Å². The standard InChI is InChI=1S/C13H20N6O/c1-9-15-13-16-11(6-12(20)19(13)17-9)8-18-5-3-2-4-10(14)7-18/h6,10H,2-5,7-8,14H2,1H3,(H,15,16,17)/t10-/m1/s1. The van der Waals surface area contributed by atoms with Crippen molar-refractivity contribution in [3.8, 4) is 0 Å². The van der Waals surface area contributed by atoms with Crippen LogP contribution in [0.15, 0.2) is 10.9 Å². The zero-order chi connectivity index (χ0) is 14.1. The Morgan fingerprint density at radius 3 is 3.15 bits per heavy atom. The largest absolute Gasteiger partial charge is 0.327 e. The summed E-state index contributed by atoms with van der Waals surface area (Å²) in [6.07, 6.45) is 3.39. The van der Waals surface area contributed by atoms with Crippen LogP contribution in [0.25, 0.3) is 5.78 Å². The second kappa shape index (κ2) is 5.34. The number of fused-ring (bicyclic) bond motifs is 1. The summed E-state index contributed by atoms with van der Waals surface area (Å²) in [5.74, 6) is 1.12. The van der Waals surface area contributed by atoms with E-state index >= 15 is 0 Å². The van der Waals surface area contributed by atoms with Crippen LogP contribution in [-0.2, 0) is 6.54 Å². The van der Waals surface area contributed by atoms with Crippen molar-refractivity contribution in [1.29, 1.82) is 0 Å². The highest BCUT2D eigenvalue weighted by molar-refractivity contribution is 5.27. The first-order valence-electron chi connectivity index (χ1n) is 7.05. The molecule has 7 nitrogen and oxygen atoms in total. The fourth-order valence-electron chi connectivity index (χ4n) is 2.74.